The highest BCUT2D eigenvalue weighted by Crippen LogP contribution is 2.32. The smallest absolute Gasteiger partial charge is 0.255 e. The van der Waals surface area contributed by atoms with Crippen molar-refractivity contribution >= 4 is 5.91 Å². The minimum Gasteiger partial charge on any atom is -0.381 e. The molecular formula is C24H30N4O3. The Balaban J connectivity index is 1.37. The minimum atomic E-state index is -0.166. The maximum absolute atomic E-state index is 13.1. The molecule has 31 heavy (non-hydrogen) atoms. The molecule has 5 rings (SSSR count). The molecule has 1 atom stereocenters. The molecule has 0 bridgehead atoms. The van der Waals surface area contributed by atoms with E-state index in [4.69, 9.17) is 9.72 Å². The zero-order valence-electron chi connectivity index (χ0n) is 18.1. The maximum atomic E-state index is 13.1. The van der Waals surface area contributed by atoms with Crippen LogP contribution in [0.5, 0.6) is 0 Å². The van der Waals surface area contributed by atoms with Crippen LogP contribution in [0.4, 0.5) is 0 Å². The summed E-state index contributed by atoms with van der Waals surface area (Å²) in [5.41, 5.74) is 3.45. The molecule has 1 amide bonds. The molecule has 2 aromatic rings. The molecule has 0 unspecified atom stereocenters. The van der Waals surface area contributed by atoms with Crippen molar-refractivity contribution in [1.82, 2.24) is 19.8 Å². The van der Waals surface area contributed by atoms with Crippen molar-refractivity contribution < 1.29 is 9.53 Å². The number of benzene rings is 1. The number of nitrogens with zero attached hydrogens (tertiary/aromatic N) is 3. The lowest BCUT2D eigenvalue weighted by atomic mass is 10.0. The third-order valence-electron chi connectivity index (χ3n) is 6.95. The first kappa shape index (κ1) is 20.4. The summed E-state index contributed by atoms with van der Waals surface area (Å²) in [6.45, 7) is 5.87. The molecule has 2 fully saturated rings. The molecule has 0 radical (unpaired) electrons. The Labute approximate surface area is 182 Å². The van der Waals surface area contributed by atoms with Crippen molar-refractivity contribution in [3.63, 3.8) is 0 Å². The highest BCUT2D eigenvalue weighted by molar-refractivity contribution is 5.94. The van der Waals surface area contributed by atoms with E-state index >= 15 is 0 Å². The molecule has 0 saturated carbocycles. The Bertz CT molecular complexity index is 1010. The Morgan fingerprint density at radius 1 is 1.13 bits per heavy atom. The summed E-state index contributed by atoms with van der Waals surface area (Å²) >= 11 is 0. The van der Waals surface area contributed by atoms with Crippen LogP contribution in [-0.4, -0.2) is 58.0 Å². The van der Waals surface area contributed by atoms with Crippen LogP contribution in [-0.2, 0) is 17.7 Å². The minimum absolute atomic E-state index is 0.00793. The van der Waals surface area contributed by atoms with E-state index in [0.29, 0.717) is 30.5 Å². The van der Waals surface area contributed by atoms with Crippen molar-refractivity contribution in [2.45, 2.75) is 57.7 Å². The summed E-state index contributed by atoms with van der Waals surface area (Å²) in [6, 6.07) is 7.99. The van der Waals surface area contributed by atoms with E-state index in [1.165, 1.54) is 0 Å². The average Bonchev–Trinajstić information content (AvgIpc) is 3.29. The fourth-order valence-corrected chi connectivity index (χ4v) is 5.14. The van der Waals surface area contributed by atoms with E-state index in [1.54, 1.807) is 0 Å². The molecule has 4 heterocycles. The Morgan fingerprint density at radius 3 is 2.68 bits per heavy atom. The van der Waals surface area contributed by atoms with E-state index < -0.39 is 0 Å². The van der Waals surface area contributed by atoms with Gasteiger partial charge in [-0.25, -0.2) is 4.98 Å². The number of aromatic amines is 1. The molecular weight excluding hydrogens is 392 g/mol. The van der Waals surface area contributed by atoms with E-state index in [-0.39, 0.29) is 17.5 Å². The predicted octanol–water partition coefficient (Wildman–Crippen LogP) is 2.59. The molecule has 0 aliphatic carbocycles. The molecule has 7 heteroatoms. The number of hydrogen-bond donors (Lipinski definition) is 1. The lowest BCUT2D eigenvalue weighted by molar-refractivity contribution is 0.0285. The number of H-pyrrole nitrogens is 1. The van der Waals surface area contributed by atoms with Crippen LogP contribution in [0.2, 0.25) is 0 Å². The zero-order chi connectivity index (χ0) is 21.4. The zero-order valence-corrected chi connectivity index (χ0v) is 18.1. The van der Waals surface area contributed by atoms with Gasteiger partial charge in [0.2, 0.25) is 0 Å². The number of aromatic nitrogens is 2. The number of ether oxygens (including phenoxy) is 1. The SMILES string of the molecule is Cc1ccc(C(=O)N2CCC[C@H]2c2nc3c(c(=O)[nH]2)CN(C2CCOCC2)CC3)cc1. The van der Waals surface area contributed by atoms with Gasteiger partial charge in [0.25, 0.3) is 11.5 Å². The Kier molecular flexibility index (Phi) is 5.63. The first-order chi connectivity index (χ1) is 15.1. The molecule has 0 spiro atoms. The molecule has 3 aliphatic rings. The van der Waals surface area contributed by atoms with Crippen LogP contribution in [0.3, 0.4) is 0 Å². The largest absolute Gasteiger partial charge is 0.381 e. The van der Waals surface area contributed by atoms with Gasteiger partial charge in [-0.15, -0.1) is 0 Å². The average molecular weight is 423 g/mol. The Morgan fingerprint density at radius 2 is 1.90 bits per heavy atom. The summed E-state index contributed by atoms with van der Waals surface area (Å²) in [5.74, 6) is 0.648. The van der Waals surface area contributed by atoms with Crippen molar-refractivity contribution in [2.75, 3.05) is 26.3 Å². The maximum Gasteiger partial charge on any atom is 0.255 e. The third-order valence-corrected chi connectivity index (χ3v) is 6.95. The number of nitrogens with one attached hydrogen (secondary N) is 1. The van der Waals surface area contributed by atoms with Gasteiger partial charge < -0.3 is 14.6 Å². The van der Waals surface area contributed by atoms with E-state index in [0.717, 1.165) is 68.7 Å². The number of hydrogen-bond acceptors (Lipinski definition) is 5. The van der Waals surface area contributed by atoms with Crippen LogP contribution < -0.4 is 5.56 Å². The van der Waals surface area contributed by atoms with Crippen LogP contribution >= 0.6 is 0 Å². The number of likely N-dealkylation sites (tertiary alicyclic amines) is 1. The highest BCUT2D eigenvalue weighted by atomic mass is 16.5. The molecule has 2 saturated heterocycles. The van der Waals surface area contributed by atoms with Gasteiger partial charge in [-0.1, -0.05) is 17.7 Å². The lowest BCUT2D eigenvalue weighted by Gasteiger charge is -2.37. The molecule has 7 nitrogen and oxygen atoms in total. The van der Waals surface area contributed by atoms with Gasteiger partial charge in [0.1, 0.15) is 5.82 Å². The van der Waals surface area contributed by atoms with Gasteiger partial charge in [-0.05, 0) is 44.7 Å². The normalized spacial score (nSPS) is 22.5. The number of fused-ring (bicyclic) bond motifs is 1. The molecule has 3 aliphatic heterocycles. The number of carbonyl (C=O) groups is 1. The van der Waals surface area contributed by atoms with Gasteiger partial charge in [0, 0.05) is 50.9 Å². The molecule has 1 N–H and O–H groups in total. The quantitative estimate of drug-likeness (QED) is 0.823. The molecule has 1 aromatic heterocycles. The van der Waals surface area contributed by atoms with Crippen LogP contribution in [0.25, 0.3) is 0 Å². The second-order valence-electron chi connectivity index (χ2n) is 8.96. The van der Waals surface area contributed by atoms with Crippen molar-refractivity contribution in [3.8, 4) is 0 Å². The summed E-state index contributed by atoms with van der Waals surface area (Å²) in [5, 5.41) is 0. The standard InChI is InChI=1S/C24H30N4O3/c1-16-4-6-17(7-5-16)24(30)28-11-2-3-21(28)22-25-20-8-12-27(15-19(20)23(29)26-22)18-9-13-31-14-10-18/h4-7,18,21H,2-3,8-15H2,1H3,(H,25,26,29)/t21-/m0/s1. The van der Waals surface area contributed by atoms with E-state index in [2.05, 4.69) is 9.88 Å². The van der Waals surface area contributed by atoms with Gasteiger partial charge >= 0.3 is 0 Å². The highest BCUT2D eigenvalue weighted by Gasteiger charge is 2.34. The van der Waals surface area contributed by atoms with Crippen LogP contribution in [0.15, 0.2) is 29.1 Å². The first-order valence-corrected chi connectivity index (χ1v) is 11.4. The van der Waals surface area contributed by atoms with Crippen molar-refractivity contribution in [2.24, 2.45) is 0 Å². The van der Waals surface area contributed by atoms with Gasteiger partial charge in [-0.3, -0.25) is 14.5 Å². The van der Waals surface area contributed by atoms with Crippen molar-refractivity contribution in [1.29, 1.82) is 0 Å². The van der Waals surface area contributed by atoms with Gasteiger partial charge in [0.05, 0.1) is 17.3 Å². The predicted molar refractivity (Wildman–Crippen MR) is 117 cm³/mol. The second kappa shape index (κ2) is 8.55. The van der Waals surface area contributed by atoms with Crippen LogP contribution in [0.1, 0.15) is 64.7 Å². The van der Waals surface area contributed by atoms with Gasteiger partial charge in [-0.2, -0.15) is 0 Å². The number of aryl methyl sites for hydroxylation is 1. The second-order valence-corrected chi connectivity index (χ2v) is 8.96. The lowest BCUT2D eigenvalue weighted by Crippen LogP contribution is -2.44. The third kappa shape index (κ3) is 4.04. The van der Waals surface area contributed by atoms with Crippen molar-refractivity contribution in [3.05, 3.63) is 62.8 Å². The van der Waals surface area contributed by atoms with Gasteiger partial charge in [0.15, 0.2) is 0 Å². The summed E-state index contributed by atoms with van der Waals surface area (Å²) in [6.07, 6.45) is 4.57. The topological polar surface area (TPSA) is 78.5 Å². The summed E-state index contributed by atoms with van der Waals surface area (Å²) in [7, 11) is 0. The van der Waals surface area contributed by atoms with E-state index in [9.17, 15) is 9.59 Å². The summed E-state index contributed by atoms with van der Waals surface area (Å²) in [4.78, 5) is 38.3. The van der Waals surface area contributed by atoms with Crippen LogP contribution in [0, 0.1) is 6.92 Å². The van der Waals surface area contributed by atoms with E-state index in [1.807, 2.05) is 36.1 Å². The summed E-state index contributed by atoms with van der Waals surface area (Å²) < 4.78 is 5.48. The monoisotopic (exact) mass is 422 g/mol. The fraction of sp³-hybridized carbons (Fsp3) is 0.542. The fourth-order valence-electron chi connectivity index (χ4n) is 5.14. The number of carbonyl (C=O) groups excluding carboxylic acids is 1. The molecule has 164 valence electrons. The molecule has 1 aromatic carbocycles. The number of amides is 1. The Hall–Kier alpha value is -2.51. The number of rotatable bonds is 3. The first-order valence-electron chi connectivity index (χ1n) is 11.4.